The molecule has 1 amide bonds. The average molecular weight is 370 g/mol. The number of imidazole rings is 1. The van der Waals surface area contributed by atoms with E-state index in [4.69, 9.17) is 0 Å². The maximum atomic E-state index is 13.4. The van der Waals surface area contributed by atoms with Crippen molar-refractivity contribution < 1.29 is 9.18 Å². The Morgan fingerprint density at radius 1 is 1.04 bits per heavy atom. The third kappa shape index (κ3) is 2.85. The van der Waals surface area contributed by atoms with Crippen molar-refractivity contribution in [2.45, 2.75) is 6.54 Å². The predicted molar refractivity (Wildman–Crippen MR) is 106 cm³/mol. The summed E-state index contributed by atoms with van der Waals surface area (Å²) in [7, 11) is 0. The van der Waals surface area contributed by atoms with E-state index in [1.54, 1.807) is 6.07 Å². The number of nitrogens with zero attached hydrogens (tertiary/aromatic N) is 2. The van der Waals surface area contributed by atoms with Gasteiger partial charge in [0.1, 0.15) is 11.5 Å². The molecule has 6 heteroatoms. The zero-order chi connectivity index (χ0) is 19.1. The minimum Gasteiger partial charge on any atom is -0.337 e. The van der Waals surface area contributed by atoms with Crippen LogP contribution in [-0.4, -0.2) is 21.6 Å². The van der Waals surface area contributed by atoms with E-state index in [0.717, 1.165) is 27.9 Å². The Morgan fingerprint density at radius 3 is 2.79 bits per heavy atom. The van der Waals surface area contributed by atoms with Crippen LogP contribution in [0.3, 0.4) is 0 Å². The molecule has 2 N–H and O–H groups in total. The first-order chi connectivity index (χ1) is 13.7. The second-order valence-electron chi connectivity index (χ2n) is 6.60. The number of hydrogen-bond acceptors (Lipinski definition) is 3. The van der Waals surface area contributed by atoms with Crippen LogP contribution in [-0.2, 0) is 6.54 Å². The SMILES string of the molecule is O=C(Nc1ccc2c(c1)C(c1nc3ccccc3[nH]1)=NC2)c1cccc(F)c1. The molecular weight excluding hydrogens is 355 g/mol. The van der Waals surface area contributed by atoms with E-state index < -0.39 is 5.82 Å². The molecule has 0 saturated heterocycles. The molecule has 0 bridgehead atoms. The Labute approximate surface area is 160 Å². The number of rotatable bonds is 3. The summed E-state index contributed by atoms with van der Waals surface area (Å²) in [5.41, 5.74) is 5.49. The number of anilines is 1. The highest BCUT2D eigenvalue weighted by Crippen LogP contribution is 2.26. The number of nitrogens with one attached hydrogen (secondary N) is 2. The summed E-state index contributed by atoms with van der Waals surface area (Å²) in [6.07, 6.45) is 0. The quantitative estimate of drug-likeness (QED) is 0.564. The van der Waals surface area contributed by atoms with Gasteiger partial charge in [-0.2, -0.15) is 0 Å². The Kier molecular flexibility index (Phi) is 3.76. The van der Waals surface area contributed by atoms with Crippen molar-refractivity contribution in [1.82, 2.24) is 9.97 Å². The molecule has 3 aromatic carbocycles. The van der Waals surface area contributed by atoms with Crippen molar-refractivity contribution >= 4 is 28.3 Å². The van der Waals surface area contributed by atoms with Crippen molar-refractivity contribution in [2.24, 2.45) is 4.99 Å². The van der Waals surface area contributed by atoms with E-state index in [2.05, 4.69) is 20.3 Å². The van der Waals surface area contributed by atoms with Crippen LogP contribution in [0.4, 0.5) is 10.1 Å². The zero-order valence-electron chi connectivity index (χ0n) is 14.7. The van der Waals surface area contributed by atoms with Gasteiger partial charge in [-0.25, -0.2) is 9.37 Å². The maximum absolute atomic E-state index is 13.4. The first-order valence-corrected chi connectivity index (χ1v) is 8.87. The van der Waals surface area contributed by atoms with Gasteiger partial charge in [-0.1, -0.05) is 24.3 Å². The molecule has 0 fully saturated rings. The molecule has 0 aliphatic carbocycles. The van der Waals surface area contributed by atoms with Crippen LogP contribution >= 0.6 is 0 Å². The number of amides is 1. The highest BCUT2D eigenvalue weighted by atomic mass is 19.1. The minimum absolute atomic E-state index is 0.270. The number of benzene rings is 3. The fraction of sp³-hybridized carbons (Fsp3) is 0.0455. The molecule has 28 heavy (non-hydrogen) atoms. The zero-order valence-corrected chi connectivity index (χ0v) is 14.7. The molecule has 5 nitrogen and oxygen atoms in total. The van der Waals surface area contributed by atoms with Gasteiger partial charge in [0.25, 0.3) is 5.91 Å². The highest BCUT2D eigenvalue weighted by Gasteiger charge is 2.21. The predicted octanol–water partition coefficient (Wildman–Crippen LogP) is 4.31. The van der Waals surface area contributed by atoms with Gasteiger partial charge in [0.15, 0.2) is 5.82 Å². The molecular formula is C22H15FN4O. The molecule has 5 rings (SSSR count). The molecule has 2 heterocycles. The lowest BCUT2D eigenvalue weighted by atomic mass is 10.0. The molecule has 4 aromatic rings. The van der Waals surface area contributed by atoms with Gasteiger partial charge < -0.3 is 10.3 Å². The summed E-state index contributed by atoms with van der Waals surface area (Å²) in [6.45, 7) is 0.569. The Bertz CT molecular complexity index is 1230. The molecule has 0 spiro atoms. The summed E-state index contributed by atoms with van der Waals surface area (Å²) in [4.78, 5) is 25.0. The largest absolute Gasteiger partial charge is 0.337 e. The molecule has 0 radical (unpaired) electrons. The smallest absolute Gasteiger partial charge is 0.255 e. The van der Waals surface area contributed by atoms with Crippen molar-refractivity contribution in [3.63, 3.8) is 0 Å². The van der Waals surface area contributed by atoms with Crippen LogP contribution in [0, 0.1) is 5.82 Å². The van der Waals surface area contributed by atoms with Crippen LogP contribution in [0.15, 0.2) is 71.7 Å². The van der Waals surface area contributed by atoms with Gasteiger partial charge in [-0.05, 0) is 48.0 Å². The number of aromatic amines is 1. The minimum atomic E-state index is -0.444. The number of aromatic nitrogens is 2. The monoisotopic (exact) mass is 370 g/mol. The fourth-order valence-corrected chi connectivity index (χ4v) is 3.36. The molecule has 1 aromatic heterocycles. The molecule has 0 saturated carbocycles. The van der Waals surface area contributed by atoms with E-state index in [1.807, 2.05) is 42.5 Å². The number of fused-ring (bicyclic) bond motifs is 2. The first kappa shape index (κ1) is 16.4. The third-order valence-corrected chi connectivity index (χ3v) is 4.73. The van der Waals surface area contributed by atoms with E-state index in [0.29, 0.717) is 18.1 Å². The lowest BCUT2D eigenvalue weighted by molar-refractivity contribution is 0.102. The van der Waals surface area contributed by atoms with Gasteiger partial charge in [0.2, 0.25) is 0 Å². The summed E-state index contributed by atoms with van der Waals surface area (Å²) >= 11 is 0. The Balaban J connectivity index is 1.46. The second-order valence-corrected chi connectivity index (χ2v) is 6.60. The standard InChI is InChI=1S/C22H15FN4O/c23-15-5-3-4-13(10-15)22(28)25-16-9-8-14-12-24-20(17(14)11-16)21-26-18-6-1-2-7-19(18)27-21/h1-11H,12H2,(H,25,28)(H,26,27). The third-order valence-electron chi connectivity index (χ3n) is 4.73. The lowest BCUT2D eigenvalue weighted by Gasteiger charge is -2.08. The maximum Gasteiger partial charge on any atom is 0.255 e. The van der Waals surface area contributed by atoms with Crippen molar-refractivity contribution in [3.05, 3.63) is 95.1 Å². The summed E-state index contributed by atoms with van der Waals surface area (Å²) in [6, 6.07) is 19.1. The van der Waals surface area contributed by atoms with Crippen molar-refractivity contribution in [2.75, 3.05) is 5.32 Å². The topological polar surface area (TPSA) is 70.1 Å². The molecule has 0 unspecified atom stereocenters. The first-order valence-electron chi connectivity index (χ1n) is 8.87. The van der Waals surface area contributed by atoms with Crippen LogP contribution in [0.25, 0.3) is 11.0 Å². The number of hydrogen-bond donors (Lipinski definition) is 2. The Morgan fingerprint density at radius 2 is 1.93 bits per heavy atom. The van der Waals surface area contributed by atoms with Crippen molar-refractivity contribution in [1.29, 1.82) is 0 Å². The normalized spacial score (nSPS) is 12.7. The molecule has 1 aliphatic heterocycles. The number of aliphatic imine (C=N–C) groups is 1. The van der Waals surface area contributed by atoms with Crippen LogP contribution in [0.2, 0.25) is 0 Å². The van der Waals surface area contributed by atoms with Crippen LogP contribution in [0.5, 0.6) is 0 Å². The molecule has 1 aliphatic rings. The van der Waals surface area contributed by atoms with Gasteiger partial charge in [-0.15, -0.1) is 0 Å². The lowest BCUT2D eigenvalue weighted by Crippen LogP contribution is -2.13. The van der Waals surface area contributed by atoms with E-state index in [1.165, 1.54) is 18.2 Å². The van der Waals surface area contributed by atoms with Crippen LogP contribution in [0.1, 0.15) is 27.3 Å². The van der Waals surface area contributed by atoms with Gasteiger partial charge in [0.05, 0.1) is 17.6 Å². The van der Waals surface area contributed by atoms with Crippen LogP contribution < -0.4 is 5.32 Å². The summed E-state index contributed by atoms with van der Waals surface area (Å²) < 4.78 is 13.4. The van der Waals surface area contributed by atoms with Gasteiger partial charge >= 0.3 is 0 Å². The van der Waals surface area contributed by atoms with Crippen molar-refractivity contribution in [3.8, 4) is 0 Å². The average Bonchev–Trinajstić information content (AvgIpc) is 3.31. The Hall–Kier alpha value is -3.80. The number of carbonyl (C=O) groups is 1. The number of carbonyl (C=O) groups excluding carboxylic acids is 1. The molecule has 0 atom stereocenters. The van der Waals surface area contributed by atoms with E-state index >= 15 is 0 Å². The highest BCUT2D eigenvalue weighted by molar-refractivity contribution is 6.15. The summed E-state index contributed by atoms with van der Waals surface area (Å²) in [5, 5.41) is 2.82. The number of H-pyrrole nitrogens is 1. The number of para-hydroxylation sites is 2. The number of halogens is 1. The van der Waals surface area contributed by atoms with Gasteiger partial charge in [0, 0.05) is 16.8 Å². The van der Waals surface area contributed by atoms with E-state index in [9.17, 15) is 9.18 Å². The fourth-order valence-electron chi connectivity index (χ4n) is 3.36. The van der Waals surface area contributed by atoms with E-state index in [-0.39, 0.29) is 11.5 Å². The van der Waals surface area contributed by atoms with Gasteiger partial charge in [-0.3, -0.25) is 9.79 Å². The second kappa shape index (κ2) is 6.42. The summed E-state index contributed by atoms with van der Waals surface area (Å²) in [5.74, 6) is -0.103. The molecule has 136 valence electrons.